The summed E-state index contributed by atoms with van der Waals surface area (Å²) < 4.78 is 4.46. The minimum atomic E-state index is -1.08. The van der Waals surface area contributed by atoms with Gasteiger partial charge in [-0.1, -0.05) is 20.8 Å². The van der Waals surface area contributed by atoms with Crippen molar-refractivity contribution in [1.29, 1.82) is 0 Å². The molecule has 0 spiro atoms. The van der Waals surface area contributed by atoms with E-state index < -0.39 is 24.0 Å². The van der Waals surface area contributed by atoms with Crippen molar-refractivity contribution < 1.29 is 24.2 Å². The summed E-state index contributed by atoms with van der Waals surface area (Å²) in [4.78, 5) is 35.4. The van der Waals surface area contributed by atoms with E-state index in [0.717, 1.165) is 0 Å². The van der Waals surface area contributed by atoms with Crippen LogP contribution in [-0.4, -0.2) is 54.2 Å². The van der Waals surface area contributed by atoms with E-state index in [9.17, 15) is 14.4 Å². The summed E-state index contributed by atoms with van der Waals surface area (Å²) in [5.41, 5.74) is 0. The molecule has 0 unspecified atom stereocenters. The van der Waals surface area contributed by atoms with E-state index in [4.69, 9.17) is 5.11 Å². The quantitative estimate of drug-likeness (QED) is 0.712. The maximum Gasteiger partial charge on any atom is 0.407 e. The molecule has 110 valence electrons. The SMILES string of the molecule is CCCN(CC(=O)O)C(=O)[C@@H](NC(=O)OC)C(C)C. The van der Waals surface area contributed by atoms with Gasteiger partial charge in [-0.25, -0.2) is 4.79 Å². The topological polar surface area (TPSA) is 95.9 Å². The van der Waals surface area contributed by atoms with Crippen LogP contribution in [0.5, 0.6) is 0 Å². The van der Waals surface area contributed by atoms with Gasteiger partial charge in [-0.05, 0) is 12.3 Å². The van der Waals surface area contributed by atoms with E-state index in [-0.39, 0.29) is 12.5 Å². The van der Waals surface area contributed by atoms with E-state index in [0.29, 0.717) is 13.0 Å². The number of carbonyl (C=O) groups is 3. The average molecular weight is 274 g/mol. The molecule has 2 amide bonds. The lowest BCUT2D eigenvalue weighted by atomic mass is 10.0. The second kappa shape index (κ2) is 8.34. The Balaban J connectivity index is 4.91. The van der Waals surface area contributed by atoms with Crippen molar-refractivity contribution >= 4 is 18.0 Å². The summed E-state index contributed by atoms with van der Waals surface area (Å²) in [5, 5.41) is 11.2. The van der Waals surface area contributed by atoms with Crippen molar-refractivity contribution in [2.24, 2.45) is 5.92 Å². The van der Waals surface area contributed by atoms with Crippen LogP contribution in [0.4, 0.5) is 4.79 Å². The molecule has 0 radical (unpaired) electrons. The largest absolute Gasteiger partial charge is 0.480 e. The summed E-state index contributed by atoms with van der Waals surface area (Å²) in [5.74, 6) is -1.66. The predicted octanol–water partition coefficient (Wildman–Crippen LogP) is 0.690. The highest BCUT2D eigenvalue weighted by Gasteiger charge is 2.29. The lowest BCUT2D eigenvalue weighted by Gasteiger charge is -2.28. The molecule has 7 nitrogen and oxygen atoms in total. The van der Waals surface area contributed by atoms with Crippen LogP contribution < -0.4 is 5.32 Å². The molecule has 2 N–H and O–H groups in total. The maximum absolute atomic E-state index is 12.3. The van der Waals surface area contributed by atoms with Gasteiger partial charge in [0.1, 0.15) is 12.6 Å². The van der Waals surface area contributed by atoms with E-state index >= 15 is 0 Å². The van der Waals surface area contributed by atoms with Crippen molar-refractivity contribution in [2.45, 2.75) is 33.2 Å². The summed E-state index contributed by atoms with van der Waals surface area (Å²) in [6.07, 6.45) is -0.0685. The van der Waals surface area contributed by atoms with Crippen LogP contribution in [0.15, 0.2) is 0 Å². The Morgan fingerprint density at radius 1 is 1.32 bits per heavy atom. The lowest BCUT2D eigenvalue weighted by Crippen LogP contribution is -2.52. The number of ether oxygens (including phenoxy) is 1. The van der Waals surface area contributed by atoms with Crippen molar-refractivity contribution in [3.8, 4) is 0 Å². The number of alkyl carbamates (subject to hydrolysis) is 1. The number of nitrogens with one attached hydrogen (secondary N) is 1. The maximum atomic E-state index is 12.3. The first-order valence-corrected chi connectivity index (χ1v) is 6.18. The van der Waals surface area contributed by atoms with Gasteiger partial charge in [0.25, 0.3) is 0 Å². The minimum absolute atomic E-state index is 0.167. The molecule has 0 aromatic heterocycles. The molecule has 19 heavy (non-hydrogen) atoms. The number of carboxylic acids is 1. The number of carboxylic acid groups (broad SMARTS) is 1. The molecular formula is C12H22N2O5. The van der Waals surface area contributed by atoms with Crippen LogP contribution in [0.25, 0.3) is 0 Å². The Labute approximate surface area is 112 Å². The van der Waals surface area contributed by atoms with E-state index in [2.05, 4.69) is 10.1 Å². The van der Waals surface area contributed by atoms with Crippen molar-refractivity contribution in [2.75, 3.05) is 20.2 Å². The Morgan fingerprint density at radius 3 is 2.26 bits per heavy atom. The van der Waals surface area contributed by atoms with Crippen LogP contribution in [0, 0.1) is 5.92 Å². The molecule has 0 heterocycles. The zero-order valence-electron chi connectivity index (χ0n) is 11.8. The second-order valence-corrected chi connectivity index (χ2v) is 4.51. The fourth-order valence-electron chi connectivity index (χ4n) is 1.60. The number of methoxy groups -OCH3 is 1. The molecule has 0 fully saturated rings. The molecule has 0 aliphatic heterocycles. The highest BCUT2D eigenvalue weighted by molar-refractivity contribution is 5.88. The average Bonchev–Trinajstić information content (AvgIpc) is 2.33. The standard InChI is InChI=1S/C12H22N2O5/c1-5-6-14(7-9(15)16)11(17)10(8(2)3)13-12(18)19-4/h8,10H,5-7H2,1-4H3,(H,13,18)(H,15,16)/t10-/m0/s1. The van der Waals surface area contributed by atoms with Crippen LogP contribution >= 0.6 is 0 Å². The number of aliphatic carboxylic acids is 1. The number of amides is 2. The van der Waals surface area contributed by atoms with E-state index in [1.807, 2.05) is 6.92 Å². The molecule has 0 aliphatic carbocycles. The summed E-state index contributed by atoms with van der Waals surface area (Å²) in [7, 11) is 1.21. The van der Waals surface area contributed by atoms with Crippen LogP contribution in [0.1, 0.15) is 27.2 Å². The molecule has 0 aliphatic rings. The van der Waals surface area contributed by atoms with Gasteiger partial charge in [-0.2, -0.15) is 0 Å². The monoisotopic (exact) mass is 274 g/mol. The number of hydrogen-bond acceptors (Lipinski definition) is 4. The van der Waals surface area contributed by atoms with Crippen molar-refractivity contribution in [3.05, 3.63) is 0 Å². The molecule has 0 aromatic carbocycles. The Hall–Kier alpha value is -1.79. The zero-order chi connectivity index (χ0) is 15.0. The normalized spacial score (nSPS) is 11.8. The van der Waals surface area contributed by atoms with Gasteiger partial charge in [0.05, 0.1) is 7.11 Å². The van der Waals surface area contributed by atoms with Gasteiger partial charge < -0.3 is 20.1 Å². The van der Waals surface area contributed by atoms with Crippen molar-refractivity contribution in [3.63, 3.8) is 0 Å². The third-order valence-electron chi connectivity index (χ3n) is 2.52. The predicted molar refractivity (Wildman–Crippen MR) is 68.7 cm³/mol. The molecule has 0 saturated carbocycles. The van der Waals surface area contributed by atoms with Gasteiger partial charge in [0.15, 0.2) is 0 Å². The molecule has 0 saturated heterocycles. The van der Waals surface area contributed by atoms with Crippen LogP contribution in [0.3, 0.4) is 0 Å². The molecular weight excluding hydrogens is 252 g/mol. The lowest BCUT2D eigenvalue weighted by molar-refractivity contribution is -0.145. The number of hydrogen-bond donors (Lipinski definition) is 2. The second-order valence-electron chi connectivity index (χ2n) is 4.51. The van der Waals surface area contributed by atoms with Gasteiger partial charge in [-0.15, -0.1) is 0 Å². The van der Waals surface area contributed by atoms with Gasteiger partial charge in [0.2, 0.25) is 5.91 Å². The first-order chi connectivity index (χ1) is 8.83. The Kier molecular flexibility index (Phi) is 7.55. The number of carbonyl (C=O) groups excluding carboxylic acids is 2. The highest BCUT2D eigenvalue weighted by Crippen LogP contribution is 2.07. The Bertz CT molecular complexity index is 330. The number of nitrogens with zero attached hydrogens (tertiary/aromatic N) is 1. The smallest absolute Gasteiger partial charge is 0.407 e. The van der Waals surface area contributed by atoms with Gasteiger partial charge >= 0.3 is 12.1 Å². The third-order valence-corrected chi connectivity index (χ3v) is 2.52. The third kappa shape index (κ3) is 6.08. The minimum Gasteiger partial charge on any atom is -0.480 e. The fourth-order valence-corrected chi connectivity index (χ4v) is 1.60. The van der Waals surface area contributed by atoms with Gasteiger partial charge in [-0.3, -0.25) is 9.59 Å². The molecule has 7 heteroatoms. The van der Waals surface area contributed by atoms with E-state index in [1.54, 1.807) is 13.8 Å². The zero-order valence-corrected chi connectivity index (χ0v) is 11.8. The Morgan fingerprint density at radius 2 is 1.89 bits per heavy atom. The van der Waals surface area contributed by atoms with E-state index in [1.165, 1.54) is 12.0 Å². The summed E-state index contributed by atoms with van der Waals surface area (Å²) >= 11 is 0. The summed E-state index contributed by atoms with van der Waals surface area (Å²) in [6, 6.07) is -0.793. The summed E-state index contributed by atoms with van der Waals surface area (Å²) in [6.45, 7) is 5.34. The molecule has 0 rings (SSSR count). The molecule has 0 bridgehead atoms. The van der Waals surface area contributed by atoms with Crippen LogP contribution in [0.2, 0.25) is 0 Å². The van der Waals surface area contributed by atoms with Gasteiger partial charge in [0, 0.05) is 6.54 Å². The fraction of sp³-hybridized carbons (Fsp3) is 0.750. The van der Waals surface area contributed by atoms with Crippen LogP contribution in [-0.2, 0) is 14.3 Å². The first kappa shape index (κ1) is 17.2. The first-order valence-electron chi connectivity index (χ1n) is 6.18. The van der Waals surface area contributed by atoms with Crippen molar-refractivity contribution in [1.82, 2.24) is 10.2 Å². The molecule has 0 aromatic rings. The molecule has 1 atom stereocenters. The number of rotatable bonds is 7. The highest BCUT2D eigenvalue weighted by atomic mass is 16.5.